The average Bonchev–Trinajstić information content (AvgIpc) is 2.65. The SMILES string of the molecule is CC(C)(C)OC(=O)N1CCNCC1c1cc(Cl)nc(NCc2ccc(Br)cc2Cl)n1. The molecule has 3 rings (SSSR count). The first-order valence-electron chi connectivity index (χ1n) is 9.55. The lowest BCUT2D eigenvalue weighted by Gasteiger charge is -2.36. The molecule has 0 bridgehead atoms. The van der Waals surface area contributed by atoms with Crippen LogP contribution in [0.25, 0.3) is 0 Å². The quantitative estimate of drug-likeness (QED) is 0.554. The van der Waals surface area contributed by atoms with Crippen LogP contribution in [-0.4, -0.2) is 46.2 Å². The molecule has 0 radical (unpaired) electrons. The molecule has 1 saturated heterocycles. The number of anilines is 1. The molecule has 1 amide bonds. The highest BCUT2D eigenvalue weighted by molar-refractivity contribution is 9.10. The lowest BCUT2D eigenvalue weighted by Crippen LogP contribution is -2.50. The molecule has 0 saturated carbocycles. The van der Waals surface area contributed by atoms with Crippen molar-refractivity contribution in [3.05, 3.63) is 50.2 Å². The number of nitrogens with zero attached hydrogens (tertiary/aromatic N) is 3. The monoisotopic (exact) mass is 515 g/mol. The van der Waals surface area contributed by atoms with Gasteiger partial charge in [-0.25, -0.2) is 14.8 Å². The first-order chi connectivity index (χ1) is 14.1. The zero-order valence-electron chi connectivity index (χ0n) is 17.0. The normalized spacial score (nSPS) is 17.0. The molecule has 2 aromatic rings. The molecular weight excluding hydrogens is 493 g/mol. The molecule has 0 spiro atoms. The number of hydrogen-bond donors (Lipinski definition) is 2. The summed E-state index contributed by atoms with van der Waals surface area (Å²) in [4.78, 5) is 23.2. The van der Waals surface area contributed by atoms with Crippen LogP contribution in [0.2, 0.25) is 10.2 Å². The summed E-state index contributed by atoms with van der Waals surface area (Å²) in [5.74, 6) is 0.367. The van der Waals surface area contributed by atoms with Crippen molar-refractivity contribution < 1.29 is 9.53 Å². The Labute approximate surface area is 194 Å². The van der Waals surface area contributed by atoms with Crippen molar-refractivity contribution in [2.24, 2.45) is 0 Å². The Hall–Kier alpha value is -1.61. The van der Waals surface area contributed by atoms with Crippen LogP contribution in [0.1, 0.15) is 38.1 Å². The number of ether oxygens (including phenoxy) is 1. The minimum absolute atomic E-state index is 0.291. The number of piperazine rings is 1. The van der Waals surface area contributed by atoms with E-state index in [9.17, 15) is 4.79 Å². The van der Waals surface area contributed by atoms with Gasteiger partial charge in [0.2, 0.25) is 5.95 Å². The number of carbonyl (C=O) groups excluding carboxylic acids is 1. The van der Waals surface area contributed by atoms with E-state index in [-0.39, 0.29) is 12.1 Å². The highest BCUT2D eigenvalue weighted by Gasteiger charge is 2.32. The molecule has 1 aliphatic rings. The molecule has 1 atom stereocenters. The molecule has 10 heteroatoms. The van der Waals surface area contributed by atoms with Crippen LogP contribution in [0, 0.1) is 0 Å². The molecule has 2 heterocycles. The van der Waals surface area contributed by atoms with Crippen LogP contribution in [0.5, 0.6) is 0 Å². The van der Waals surface area contributed by atoms with Crippen molar-refractivity contribution >= 4 is 51.2 Å². The van der Waals surface area contributed by atoms with E-state index in [1.165, 1.54) is 0 Å². The Morgan fingerprint density at radius 2 is 2.10 bits per heavy atom. The summed E-state index contributed by atoms with van der Waals surface area (Å²) >= 11 is 15.9. The van der Waals surface area contributed by atoms with Gasteiger partial charge < -0.3 is 15.4 Å². The number of carbonyl (C=O) groups is 1. The Balaban J connectivity index is 1.79. The van der Waals surface area contributed by atoms with Gasteiger partial charge in [0.1, 0.15) is 10.8 Å². The predicted octanol–water partition coefficient (Wildman–Crippen LogP) is 5.04. The first kappa shape index (κ1) is 23.1. The minimum Gasteiger partial charge on any atom is -0.444 e. The van der Waals surface area contributed by atoms with Crippen molar-refractivity contribution in [1.29, 1.82) is 0 Å². The number of amides is 1. The average molecular weight is 517 g/mol. The van der Waals surface area contributed by atoms with E-state index >= 15 is 0 Å². The van der Waals surface area contributed by atoms with Gasteiger partial charge in [-0.3, -0.25) is 4.90 Å². The maximum atomic E-state index is 12.7. The first-order valence-corrected chi connectivity index (χ1v) is 11.1. The summed E-state index contributed by atoms with van der Waals surface area (Å²) in [5, 5.41) is 7.38. The number of rotatable bonds is 4. The van der Waals surface area contributed by atoms with Crippen LogP contribution in [0.15, 0.2) is 28.7 Å². The van der Waals surface area contributed by atoms with E-state index < -0.39 is 5.60 Å². The number of aromatic nitrogens is 2. The molecule has 1 aliphatic heterocycles. The summed E-state index contributed by atoms with van der Waals surface area (Å²) in [7, 11) is 0. The molecule has 1 unspecified atom stereocenters. The number of halogens is 3. The lowest BCUT2D eigenvalue weighted by molar-refractivity contribution is 0.0113. The maximum absolute atomic E-state index is 12.7. The Morgan fingerprint density at radius 3 is 2.80 bits per heavy atom. The van der Waals surface area contributed by atoms with Gasteiger partial charge in [0.25, 0.3) is 0 Å². The Morgan fingerprint density at radius 1 is 1.33 bits per heavy atom. The van der Waals surface area contributed by atoms with Gasteiger partial charge in [0.05, 0.1) is 11.7 Å². The highest BCUT2D eigenvalue weighted by Crippen LogP contribution is 2.26. The molecule has 7 nitrogen and oxygen atoms in total. The third kappa shape index (κ3) is 6.20. The van der Waals surface area contributed by atoms with E-state index in [1.807, 2.05) is 39.0 Å². The van der Waals surface area contributed by atoms with Crippen molar-refractivity contribution in [1.82, 2.24) is 20.2 Å². The molecule has 1 aromatic carbocycles. The third-order valence-corrected chi connectivity index (χ3v) is 5.42. The van der Waals surface area contributed by atoms with E-state index in [1.54, 1.807) is 11.0 Å². The summed E-state index contributed by atoms with van der Waals surface area (Å²) in [6.45, 7) is 7.71. The summed E-state index contributed by atoms with van der Waals surface area (Å²) < 4.78 is 6.47. The zero-order valence-corrected chi connectivity index (χ0v) is 20.1. The van der Waals surface area contributed by atoms with Crippen molar-refractivity contribution in [2.45, 2.75) is 39.0 Å². The van der Waals surface area contributed by atoms with E-state index in [0.717, 1.165) is 10.0 Å². The van der Waals surface area contributed by atoms with Crippen molar-refractivity contribution in [3.63, 3.8) is 0 Å². The lowest BCUT2D eigenvalue weighted by atomic mass is 10.1. The number of benzene rings is 1. The molecular formula is C20H24BrCl2N5O2. The van der Waals surface area contributed by atoms with Gasteiger partial charge in [-0.1, -0.05) is 45.2 Å². The Kier molecular flexibility index (Phi) is 7.44. The fourth-order valence-corrected chi connectivity index (χ4v) is 3.96. The Bertz CT molecular complexity index is 923. The van der Waals surface area contributed by atoms with Crippen molar-refractivity contribution in [2.75, 3.05) is 25.0 Å². The maximum Gasteiger partial charge on any atom is 0.410 e. The molecule has 30 heavy (non-hydrogen) atoms. The van der Waals surface area contributed by atoms with Crippen molar-refractivity contribution in [3.8, 4) is 0 Å². The number of nitrogens with one attached hydrogen (secondary N) is 2. The fraction of sp³-hybridized carbons (Fsp3) is 0.450. The summed E-state index contributed by atoms with van der Waals surface area (Å²) in [5.41, 5.74) is 0.962. The highest BCUT2D eigenvalue weighted by atomic mass is 79.9. The van der Waals surface area contributed by atoms with Gasteiger partial charge in [0, 0.05) is 35.7 Å². The largest absolute Gasteiger partial charge is 0.444 e. The zero-order chi connectivity index (χ0) is 21.9. The minimum atomic E-state index is -0.577. The molecule has 0 aliphatic carbocycles. The second kappa shape index (κ2) is 9.68. The van der Waals surface area contributed by atoms with Gasteiger partial charge in [-0.2, -0.15) is 0 Å². The standard InChI is InChI=1S/C20H24BrCl2N5O2/c1-20(2,3)30-19(29)28-7-6-24-11-16(28)15-9-17(23)27-18(26-15)25-10-12-4-5-13(21)8-14(12)22/h4-5,8-9,16,24H,6-7,10-11H2,1-3H3,(H,25,26,27). The van der Waals surface area contributed by atoms with Crippen LogP contribution in [-0.2, 0) is 11.3 Å². The summed E-state index contributed by atoms with van der Waals surface area (Å²) in [6.07, 6.45) is -0.375. The molecule has 1 fully saturated rings. The van der Waals surface area contributed by atoms with Crippen LogP contribution in [0.4, 0.5) is 10.7 Å². The van der Waals surface area contributed by atoms with Gasteiger partial charge in [-0.05, 0) is 44.5 Å². The van der Waals surface area contributed by atoms with E-state index in [0.29, 0.717) is 48.0 Å². The summed E-state index contributed by atoms with van der Waals surface area (Å²) in [6, 6.07) is 7.02. The van der Waals surface area contributed by atoms with E-state index in [2.05, 4.69) is 36.5 Å². The third-order valence-electron chi connectivity index (χ3n) is 4.38. The van der Waals surface area contributed by atoms with Crippen LogP contribution < -0.4 is 10.6 Å². The topological polar surface area (TPSA) is 79.4 Å². The fourth-order valence-electron chi connectivity index (χ4n) is 3.03. The van der Waals surface area contributed by atoms with Gasteiger partial charge in [0.15, 0.2) is 0 Å². The van der Waals surface area contributed by atoms with Gasteiger partial charge in [-0.15, -0.1) is 0 Å². The molecule has 162 valence electrons. The predicted molar refractivity (Wildman–Crippen MR) is 122 cm³/mol. The number of hydrogen-bond acceptors (Lipinski definition) is 6. The second-order valence-corrected chi connectivity index (χ2v) is 9.63. The van der Waals surface area contributed by atoms with Crippen LogP contribution >= 0.6 is 39.1 Å². The van der Waals surface area contributed by atoms with Crippen LogP contribution in [0.3, 0.4) is 0 Å². The molecule has 2 N–H and O–H groups in total. The smallest absolute Gasteiger partial charge is 0.410 e. The van der Waals surface area contributed by atoms with Gasteiger partial charge >= 0.3 is 6.09 Å². The molecule has 1 aromatic heterocycles. The van der Waals surface area contributed by atoms with E-state index in [4.69, 9.17) is 27.9 Å². The second-order valence-electron chi connectivity index (χ2n) is 7.92.